The van der Waals surface area contributed by atoms with Crippen LogP contribution in [-0.2, 0) is 4.74 Å². The molecule has 1 amide bonds. The second kappa shape index (κ2) is 8.08. The molecule has 1 unspecified atom stereocenters. The van der Waals surface area contributed by atoms with Gasteiger partial charge in [-0.1, -0.05) is 46.3 Å². The first-order valence-electron chi connectivity index (χ1n) is 9.63. The summed E-state index contributed by atoms with van der Waals surface area (Å²) < 4.78 is 8.29. The van der Waals surface area contributed by atoms with Gasteiger partial charge in [-0.25, -0.2) is 4.68 Å². The highest BCUT2D eigenvalue weighted by Gasteiger charge is 2.29. The van der Waals surface area contributed by atoms with E-state index in [1.54, 1.807) is 23.1 Å². The molecule has 0 radical (unpaired) electrons. The van der Waals surface area contributed by atoms with Crippen LogP contribution in [0.4, 0.5) is 0 Å². The minimum Gasteiger partial charge on any atom is -0.370 e. The van der Waals surface area contributed by atoms with E-state index in [1.807, 2.05) is 44.2 Å². The second-order valence-corrected chi connectivity index (χ2v) is 8.32. The fourth-order valence-electron chi connectivity index (χ4n) is 3.58. The third-order valence-corrected chi connectivity index (χ3v) is 5.64. The number of carbonyl (C=O) groups is 1. The molecule has 1 fully saturated rings. The number of morpholine rings is 1. The smallest absolute Gasteiger partial charge is 0.275 e. The molecule has 0 saturated carbocycles. The molecular weight excluding hydrogens is 434 g/mol. The van der Waals surface area contributed by atoms with Crippen LogP contribution in [0.25, 0.3) is 10.8 Å². The average Bonchev–Trinajstić information content (AvgIpc) is 2.74. The zero-order valence-electron chi connectivity index (χ0n) is 16.3. The van der Waals surface area contributed by atoms with E-state index in [-0.39, 0.29) is 23.6 Å². The van der Waals surface area contributed by atoms with Crippen LogP contribution in [0.1, 0.15) is 42.0 Å². The molecule has 0 aliphatic carbocycles. The Bertz CT molecular complexity index is 1110. The quantitative estimate of drug-likeness (QED) is 0.599. The van der Waals surface area contributed by atoms with Crippen molar-refractivity contribution in [1.29, 1.82) is 0 Å². The van der Waals surface area contributed by atoms with Crippen molar-refractivity contribution in [3.8, 4) is 0 Å². The summed E-state index contributed by atoms with van der Waals surface area (Å²) in [6.07, 6.45) is -0.192. The maximum Gasteiger partial charge on any atom is 0.275 e. The number of carbonyl (C=O) groups excluding carboxylic acids is 1. The highest BCUT2D eigenvalue weighted by molar-refractivity contribution is 9.10. The number of benzene rings is 2. The summed E-state index contributed by atoms with van der Waals surface area (Å²) in [4.78, 5) is 27.9. The molecule has 150 valence electrons. The number of fused-ring (bicyclic) bond motifs is 1. The van der Waals surface area contributed by atoms with Crippen molar-refractivity contribution in [2.75, 3.05) is 19.7 Å². The summed E-state index contributed by atoms with van der Waals surface area (Å²) in [5.74, 6) is -0.180. The Morgan fingerprint density at radius 1 is 1.14 bits per heavy atom. The minimum absolute atomic E-state index is 0.140. The molecule has 3 aromatic rings. The van der Waals surface area contributed by atoms with Gasteiger partial charge in [0.1, 0.15) is 6.10 Å². The molecule has 1 aromatic heterocycles. The first-order chi connectivity index (χ1) is 14.0. The van der Waals surface area contributed by atoms with Gasteiger partial charge in [-0.3, -0.25) is 9.59 Å². The van der Waals surface area contributed by atoms with Crippen LogP contribution in [-0.4, -0.2) is 40.3 Å². The number of hydrogen-bond donors (Lipinski definition) is 0. The molecule has 2 aromatic carbocycles. The van der Waals surface area contributed by atoms with E-state index in [2.05, 4.69) is 21.0 Å². The van der Waals surface area contributed by atoms with E-state index in [4.69, 9.17) is 4.74 Å². The zero-order valence-corrected chi connectivity index (χ0v) is 17.9. The normalized spacial score (nSPS) is 17.1. The van der Waals surface area contributed by atoms with Crippen LogP contribution < -0.4 is 5.56 Å². The van der Waals surface area contributed by atoms with Crippen molar-refractivity contribution in [2.45, 2.75) is 26.0 Å². The summed E-state index contributed by atoms with van der Waals surface area (Å²) in [7, 11) is 0. The van der Waals surface area contributed by atoms with Crippen molar-refractivity contribution < 1.29 is 9.53 Å². The van der Waals surface area contributed by atoms with Crippen molar-refractivity contribution in [2.24, 2.45) is 0 Å². The van der Waals surface area contributed by atoms with Gasteiger partial charge in [-0.05, 0) is 37.6 Å². The Morgan fingerprint density at radius 2 is 1.83 bits per heavy atom. The molecule has 1 aliphatic heterocycles. The number of amides is 1. The van der Waals surface area contributed by atoms with Gasteiger partial charge in [-0.15, -0.1) is 0 Å². The maximum atomic E-state index is 13.4. The molecule has 1 aliphatic rings. The van der Waals surface area contributed by atoms with Crippen LogP contribution in [0.2, 0.25) is 0 Å². The zero-order chi connectivity index (χ0) is 20.5. The standard InChI is InChI=1S/C22H22BrN3O3/c1-14(2)26-21(27)18-6-4-3-5-17(18)20(24-26)22(28)25-11-12-29-19(13-25)15-7-9-16(23)10-8-15/h3-10,14,19H,11-13H2,1-2H3. The van der Waals surface area contributed by atoms with E-state index in [0.717, 1.165) is 10.0 Å². The first kappa shape index (κ1) is 19.8. The lowest BCUT2D eigenvalue weighted by Gasteiger charge is -2.33. The number of aromatic nitrogens is 2. The Kier molecular flexibility index (Phi) is 5.52. The molecule has 4 rings (SSSR count). The van der Waals surface area contributed by atoms with E-state index in [9.17, 15) is 9.59 Å². The monoisotopic (exact) mass is 455 g/mol. The molecule has 7 heteroatoms. The molecule has 0 N–H and O–H groups in total. The SMILES string of the molecule is CC(C)n1nc(C(=O)N2CCOC(c3ccc(Br)cc3)C2)c2ccccc2c1=O. The van der Waals surface area contributed by atoms with Gasteiger partial charge in [-0.2, -0.15) is 5.10 Å². The summed E-state index contributed by atoms with van der Waals surface area (Å²) in [5.41, 5.74) is 1.16. The number of rotatable bonds is 3. The lowest BCUT2D eigenvalue weighted by molar-refractivity contribution is -0.0230. The Morgan fingerprint density at radius 3 is 2.52 bits per heavy atom. The predicted octanol–water partition coefficient (Wildman–Crippen LogP) is 3.95. The van der Waals surface area contributed by atoms with Gasteiger partial charge < -0.3 is 9.64 Å². The van der Waals surface area contributed by atoms with Crippen LogP contribution in [0.5, 0.6) is 0 Å². The summed E-state index contributed by atoms with van der Waals surface area (Å²) >= 11 is 3.44. The van der Waals surface area contributed by atoms with Gasteiger partial charge in [0.25, 0.3) is 11.5 Å². The summed E-state index contributed by atoms with van der Waals surface area (Å²) in [5, 5.41) is 5.55. The van der Waals surface area contributed by atoms with Gasteiger partial charge in [0.2, 0.25) is 0 Å². The van der Waals surface area contributed by atoms with E-state index in [0.29, 0.717) is 36.2 Å². The van der Waals surface area contributed by atoms with E-state index >= 15 is 0 Å². The predicted molar refractivity (Wildman–Crippen MR) is 115 cm³/mol. The number of ether oxygens (including phenoxy) is 1. The van der Waals surface area contributed by atoms with Crippen molar-refractivity contribution >= 4 is 32.6 Å². The third kappa shape index (κ3) is 3.84. The van der Waals surface area contributed by atoms with Gasteiger partial charge >= 0.3 is 0 Å². The lowest BCUT2D eigenvalue weighted by atomic mass is 10.1. The van der Waals surface area contributed by atoms with Crippen molar-refractivity contribution in [1.82, 2.24) is 14.7 Å². The molecule has 0 bridgehead atoms. The maximum absolute atomic E-state index is 13.4. The topological polar surface area (TPSA) is 64.4 Å². The number of hydrogen-bond acceptors (Lipinski definition) is 4. The summed E-state index contributed by atoms with van der Waals surface area (Å²) in [6, 6.07) is 14.9. The first-order valence-corrected chi connectivity index (χ1v) is 10.4. The second-order valence-electron chi connectivity index (χ2n) is 7.40. The van der Waals surface area contributed by atoms with Crippen molar-refractivity contribution in [3.05, 3.63) is 74.6 Å². The van der Waals surface area contributed by atoms with Crippen LogP contribution in [0, 0.1) is 0 Å². The largest absolute Gasteiger partial charge is 0.370 e. The fraction of sp³-hybridized carbons (Fsp3) is 0.318. The van der Waals surface area contributed by atoms with Crippen LogP contribution in [0.15, 0.2) is 57.8 Å². The van der Waals surface area contributed by atoms with E-state index < -0.39 is 0 Å². The molecule has 29 heavy (non-hydrogen) atoms. The van der Waals surface area contributed by atoms with Gasteiger partial charge in [0.15, 0.2) is 5.69 Å². The van der Waals surface area contributed by atoms with Crippen LogP contribution >= 0.6 is 15.9 Å². The van der Waals surface area contributed by atoms with Gasteiger partial charge in [0, 0.05) is 16.4 Å². The molecule has 1 atom stereocenters. The Balaban J connectivity index is 1.70. The third-order valence-electron chi connectivity index (χ3n) is 5.12. The molecule has 0 spiro atoms. The molecular formula is C22H22BrN3O3. The molecule has 2 heterocycles. The number of halogens is 1. The van der Waals surface area contributed by atoms with E-state index in [1.165, 1.54) is 4.68 Å². The fourth-order valence-corrected chi connectivity index (χ4v) is 3.84. The summed E-state index contributed by atoms with van der Waals surface area (Å²) in [6.45, 7) is 5.15. The molecule has 1 saturated heterocycles. The van der Waals surface area contributed by atoms with Gasteiger partial charge in [0.05, 0.1) is 24.6 Å². The van der Waals surface area contributed by atoms with Crippen LogP contribution in [0.3, 0.4) is 0 Å². The lowest BCUT2D eigenvalue weighted by Crippen LogP contribution is -2.43. The highest BCUT2D eigenvalue weighted by atomic mass is 79.9. The highest BCUT2D eigenvalue weighted by Crippen LogP contribution is 2.25. The minimum atomic E-state index is -0.192. The Labute approximate surface area is 177 Å². The average molecular weight is 456 g/mol. The molecule has 6 nitrogen and oxygen atoms in total. The Hall–Kier alpha value is -2.51. The van der Waals surface area contributed by atoms with Crippen molar-refractivity contribution in [3.63, 3.8) is 0 Å². The number of nitrogens with zero attached hydrogens (tertiary/aromatic N) is 3.